The predicted octanol–water partition coefficient (Wildman–Crippen LogP) is 3.45. The minimum Gasteiger partial charge on any atom is -0.497 e. The van der Waals surface area contributed by atoms with Gasteiger partial charge in [0.25, 0.3) is 0 Å². The molecule has 0 atom stereocenters. The van der Waals surface area contributed by atoms with Gasteiger partial charge in [-0.05, 0) is 37.0 Å². The van der Waals surface area contributed by atoms with Gasteiger partial charge >= 0.3 is 0 Å². The van der Waals surface area contributed by atoms with Crippen molar-refractivity contribution in [3.63, 3.8) is 0 Å². The van der Waals surface area contributed by atoms with Crippen molar-refractivity contribution in [1.29, 1.82) is 0 Å². The van der Waals surface area contributed by atoms with E-state index < -0.39 is 0 Å². The van der Waals surface area contributed by atoms with Gasteiger partial charge in [-0.3, -0.25) is 4.79 Å². The van der Waals surface area contributed by atoms with Gasteiger partial charge in [0.1, 0.15) is 5.75 Å². The lowest BCUT2D eigenvalue weighted by atomic mass is 10.00. The first-order chi connectivity index (χ1) is 9.67. The highest BCUT2D eigenvalue weighted by molar-refractivity contribution is 9.09. The van der Waals surface area contributed by atoms with Crippen molar-refractivity contribution >= 4 is 21.8 Å². The molecule has 1 N–H and O–H groups in total. The number of halogens is 1. The van der Waals surface area contributed by atoms with E-state index in [0.29, 0.717) is 6.42 Å². The fourth-order valence-corrected chi connectivity index (χ4v) is 3.45. The topological polar surface area (TPSA) is 38.3 Å². The Labute approximate surface area is 129 Å². The van der Waals surface area contributed by atoms with Crippen LogP contribution in [0.15, 0.2) is 24.3 Å². The molecule has 1 aliphatic rings. The van der Waals surface area contributed by atoms with Crippen LogP contribution in [0.5, 0.6) is 5.75 Å². The minimum absolute atomic E-state index is 0.00298. The molecular formula is C16H22BrNO2. The SMILES string of the molecule is COc1ccc(CCC(=O)NC2(CBr)CCCC2)cc1. The molecule has 20 heavy (non-hydrogen) atoms. The second kappa shape index (κ2) is 7.11. The van der Waals surface area contributed by atoms with Crippen LogP contribution >= 0.6 is 15.9 Å². The van der Waals surface area contributed by atoms with E-state index in [4.69, 9.17) is 4.74 Å². The lowest BCUT2D eigenvalue weighted by Crippen LogP contribution is -2.47. The molecule has 0 bridgehead atoms. The third-order valence-electron chi connectivity index (χ3n) is 4.02. The van der Waals surface area contributed by atoms with Gasteiger partial charge in [-0.1, -0.05) is 40.9 Å². The zero-order chi connectivity index (χ0) is 14.4. The molecule has 0 aromatic heterocycles. The Kier molecular flexibility index (Phi) is 5.46. The molecular weight excluding hydrogens is 318 g/mol. The highest BCUT2D eigenvalue weighted by Crippen LogP contribution is 2.31. The summed E-state index contributed by atoms with van der Waals surface area (Å²) in [6.07, 6.45) is 5.92. The smallest absolute Gasteiger partial charge is 0.220 e. The van der Waals surface area contributed by atoms with Gasteiger partial charge in [-0.25, -0.2) is 0 Å². The number of hydrogen-bond donors (Lipinski definition) is 1. The van der Waals surface area contributed by atoms with E-state index in [1.165, 1.54) is 18.4 Å². The van der Waals surface area contributed by atoms with Crippen molar-refractivity contribution in [3.8, 4) is 5.75 Å². The summed E-state index contributed by atoms with van der Waals surface area (Å²) in [5.41, 5.74) is 1.16. The normalized spacial score (nSPS) is 16.9. The largest absolute Gasteiger partial charge is 0.497 e. The molecule has 1 aromatic carbocycles. The van der Waals surface area contributed by atoms with Crippen molar-refractivity contribution < 1.29 is 9.53 Å². The minimum atomic E-state index is -0.00298. The van der Waals surface area contributed by atoms with Gasteiger partial charge in [0.2, 0.25) is 5.91 Å². The average molecular weight is 340 g/mol. The Balaban J connectivity index is 1.82. The molecule has 1 aliphatic carbocycles. The van der Waals surface area contributed by atoms with Crippen molar-refractivity contribution in [2.45, 2.75) is 44.1 Å². The Morgan fingerprint density at radius 3 is 2.50 bits per heavy atom. The molecule has 0 radical (unpaired) electrons. The maximum atomic E-state index is 12.1. The Bertz CT molecular complexity index is 438. The summed E-state index contributed by atoms with van der Waals surface area (Å²) < 4.78 is 5.13. The molecule has 1 saturated carbocycles. The number of rotatable bonds is 6. The summed E-state index contributed by atoms with van der Waals surface area (Å²) in [6, 6.07) is 7.90. The van der Waals surface area contributed by atoms with Crippen LogP contribution in [0.2, 0.25) is 0 Å². The van der Waals surface area contributed by atoms with E-state index in [1.807, 2.05) is 24.3 Å². The van der Waals surface area contributed by atoms with Gasteiger partial charge in [-0.2, -0.15) is 0 Å². The lowest BCUT2D eigenvalue weighted by molar-refractivity contribution is -0.122. The molecule has 4 heteroatoms. The average Bonchev–Trinajstić information content (AvgIpc) is 2.95. The lowest BCUT2D eigenvalue weighted by Gasteiger charge is -2.28. The number of carbonyl (C=O) groups excluding carboxylic acids is 1. The second-order valence-electron chi connectivity index (χ2n) is 5.52. The summed E-state index contributed by atoms with van der Waals surface area (Å²) in [6.45, 7) is 0. The van der Waals surface area contributed by atoms with E-state index in [1.54, 1.807) is 7.11 Å². The number of methoxy groups -OCH3 is 1. The molecule has 1 fully saturated rings. The highest BCUT2D eigenvalue weighted by Gasteiger charge is 2.33. The van der Waals surface area contributed by atoms with E-state index in [2.05, 4.69) is 21.2 Å². The number of alkyl halides is 1. The number of benzene rings is 1. The fourth-order valence-electron chi connectivity index (χ4n) is 2.75. The van der Waals surface area contributed by atoms with Gasteiger partial charge in [-0.15, -0.1) is 0 Å². The number of nitrogens with one attached hydrogen (secondary N) is 1. The predicted molar refractivity (Wildman–Crippen MR) is 84.5 cm³/mol. The van der Waals surface area contributed by atoms with Crippen LogP contribution in [0.3, 0.4) is 0 Å². The zero-order valence-electron chi connectivity index (χ0n) is 12.0. The molecule has 0 heterocycles. The van der Waals surface area contributed by atoms with Gasteiger partial charge in [0.15, 0.2) is 0 Å². The Hall–Kier alpha value is -1.03. The first-order valence-electron chi connectivity index (χ1n) is 7.17. The second-order valence-corrected chi connectivity index (χ2v) is 6.08. The quantitative estimate of drug-likeness (QED) is 0.806. The van der Waals surface area contributed by atoms with E-state index in [-0.39, 0.29) is 11.4 Å². The molecule has 0 spiro atoms. The Morgan fingerprint density at radius 2 is 1.95 bits per heavy atom. The number of hydrogen-bond acceptors (Lipinski definition) is 2. The molecule has 3 nitrogen and oxygen atoms in total. The van der Waals surface area contributed by atoms with E-state index in [9.17, 15) is 4.79 Å². The number of amides is 1. The molecule has 110 valence electrons. The fraction of sp³-hybridized carbons (Fsp3) is 0.562. The Morgan fingerprint density at radius 1 is 1.30 bits per heavy atom. The summed E-state index contributed by atoms with van der Waals surface area (Å²) in [5, 5.41) is 4.08. The number of carbonyl (C=O) groups is 1. The maximum Gasteiger partial charge on any atom is 0.220 e. The van der Waals surface area contributed by atoms with Gasteiger partial charge < -0.3 is 10.1 Å². The molecule has 1 amide bonds. The van der Waals surface area contributed by atoms with E-state index >= 15 is 0 Å². The molecule has 2 rings (SSSR count). The van der Waals surface area contributed by atoms with Crippen LogP contribution in [0.4, 0.5) is 0 Å². The van der Waals surface area contributed by atoms with Crippen LogP contribution in [0.25, 0.3) is 0 Å². The summed E-state index contributed by atoms with van der Waals surface area (Å²) in [5.74, 6) is 1.00. The third kappa shape index (κ3) is 3.98. The molecule has 0 aliphatic heterocycles. The first kappa shape index (κ1) is 15.4. The van der Waals surface area contributed by atoms with Crippen molar-refractivity contribution in [2.24, 2.45) is 0 Å². The summed E-state index contributed by atoms with van der Waals surface area (Å²) in [7, 11) is 1.66. The van der Waals surface area contributed by atoms with Crippen molar-refractivity contribution in [2.75, 3.05) is 12.4 Å². The summed E-state index contributed by atoms with van der Waals surface area (Å²) >= 11 is 3.55. The van der Waals surface area contributed by atoms with Crippen LogP contribution in [-0.4, -0.2) is 23.9 Å². The van der Waals surface area contributed by atoms with Crippen LogP contribution in [0.1, 0.15) is 37.7 Å². The monoisotopic (exact) mass is 339 g/mol. The number of ether oxygens (including phenoxy) is 1. The van der Waals surface area contributed by atoms with Gasteiger partial charge in [0.05, 0.1) is 7.11 Å². The zero-order valence-corrected chi connectivity index (χ0v) is 13.5. The molecule has 1 aromatic rings. The first-order valence-corrected chi connectivity index (χ1v) is 8.29. The van der Waals surface area contributed by atoms with Crippen LogP contribution in [0, 0.1) is 0 Å². The maximum absolute atomic E-state index is 12.1. The van der Waals surface area contributed by atoms with Gasteiger partial charge in [0, 0.05) is 17.3 Å². The number of aryl methyl sites for hydroxylation is 1. The highest BCUT2D eigenvalue weighted by atomic mass is 79.9. The molecule has 0 unspecified atom stereocenters. The van der Waals surface area contributed by atoms with Crippen molar-refractivity contribution in [1.82, 2.24) is 5.32 Å². The van der Waals surface area contributed by atoms with E-state index in [0.717, 1.165) is 30.3 Å². The third-order valence-corrected chi connectivity index (χ3v) is 5.09. The van der Waals surface area contributed by atoms with Crippen molar-refractivity contribution in [3.05, 3.63) is 29.8 Å². The standard InChI is InChI=1S/C16H22BrNO2/c1-20-14-7-4-13(5-8-14)6-9-15(19)18-16(12-17)10-2-3-11-16/h4-5,7-8H,2-3,6,9-12H2,1H3,(H,18,19). The van der Waals surface area contributed by atoms with Crippen LogP contribution < -0.4 is 10.1 Å². The molecule has 0 saturated heterocycles. The summed E-state index contributed by atoms with van der Waals surface area (Å²) in [4.78, 5) is 12.1. The van der Waals surface area contributed by atoms with Crippen LogP contribution in [-0.2, 0) is 11.2 Å².